The van der Waals surface area contributed by atoms with Gasteiger partial charge in [0.1, 0.15) is 4.90 Å². The van der Waals surface area contributed by atoms with Crippen molar-refractivity contribution < 1.29 is 22.1 Å². The van der Waals surface area contributed by atoms with E-state index in [0.29, 0.717) is 11.3 Å². The summed E-state index contributed by atoms with van der Waals surface area (Å²) in [5.74, 6) is 0.0843. The number of pyridine rings is 1. The van der Waals surface area contributed by atoms with Crippen molar-refractivity contribution >= 4 is 20.9 Å². The number of para-hydroxylation sites is 2. The van der Waals surface area contributed by atoms with Gasteiger partial charge in [-0.25, -0.2) is 17.1 Å². The molecular weight excluding hydrogens is 423 g/mol. The summed E-state index contributed by atoms with van der Waals surface area (Å²) in [6.45, 7) is 0.0441. The average molecular weight is 442 g/mol. The van der Waals surface area contributed by atoms with Crippen LogP contribution in [0.3, 0.4) is 0 Å². The molecular formula is C21H19FN4O4S. The van der Waals surface area contributed by atoms with Crippen LogP contribution in [0.1, 0.15) is 11.7 Å². The van der Waals surface area contributed by atoms with Gasteiger partial charge in [0.2, 0.25) is 10.0 Å². The zero-order chi connectivity index (χ0) is 21.8. The zero-order valence-corrected chi connectivity index (χ0v) is 17.4. The number of benzene rings is 2. The van der Waals surface area contributed by atoms with Crippen molar-refractivity contribution in [3.8, 4) is 5.75 Å². The summed E-state index contributed by atoms with van der Waals surface area (Å²) >= 11 is 0. The van der Waals surface area contributed by atoms with Gasteiger partial charge in [-0.05, 0) is 24.3 Å². The Labute approximate surface area is 178 Å². The molecule has 0 saturated heterocycles. The van der Waals surface area contributed by atoms with Gasteiger partial charge in [0, 0.05) is 31.6 Å². The fraction of sp³-hybridized carbons (Fsp3) is 0.190. The first-order valence-corrected chi connectivity index (χ1v) is 10.9. The number of halogens is 1. The van der Waals surface area contributed by atoms with Crippen molar-refractivity contribution in [1.82, 2.24) is 19.4 Å². The van der Waals surface area contributed by atoms with Crippen LogP contribution >= 0.6 is 0 Å². The third kappa shape index (κ3) is 4.54. The molecule has 0 N–H and O–H groups in total. The van der Waals surface area contributed by atoms with Crippen LogP contribution in [0.4, 0.5) is 4.39 Å². The van der Waals surface area contributed by atoms with E-state index in [4.69, 9.17) is 9.26 Å². The van der Waals surface area contributed by atoms with Crippen LogP contribution in [0.25, 0.3) is 10.9 Å². The molecule has 0 aliphatic heterocycles. The topological polar surface area (TPSA) is 98.4 Å². The van der Waals surface area contributed by atoms with Gasteiger partial charge in [-0.2, -0.15) is 4.98 Å². The van der Waals surface area contributed by atoms with Gasteiger partial charge in [-0.1, -0.05) is 35.5 Å². The van der Waals surface area contributed by atoms with E-state index in [-0.39, 0.29) is 36.1 Å². The molecule has 0 bridgehead atoms. The average Bonchev–Trinajstić information content (AvgIpc) is 3.24. The largest absolute Gasteiger partial charge is 0.481 e. The number of fused-ring (bicyclic) bond motifs is 1. The van der Waals surface area contributed by atoms with E-state index in [1.165, 1.54) is 29.6 Å². The maximum Gasteiger partial charge on any atom is 0.264 e. The van der Waals surface area contributed by atoms with E-state index in [2.05, 4.69) is 15.1 Å². The molecule has 2 heterocycles. The third-order valence-corrected chi connectivity index (χ3v) is 6.52. The summed E-state index contributed by atoms with van der Waals surface area (Å²) in [6, 6.07) is 14.6. The monoisotopic (exact) mass is 442 g/mol. The Hall–Kier alpha value is -3.37. The van der Waals surface area contributed by atoms with Crippen LogP contribution in [-0.2, 0) is 23.1 Å². The number of likely N-dealkylation sites (N-methyl/N-ethyl adjacent to an activating group) is 1. The molecule has 0 aliphatic carbocycles. The number of nitrogens with zero attached hydrogens (tertiary/aromatic N) is 4. The Morgan fingerprint density at radius 2 is 1.90 bits per heavy atom. The lowest BCUT2D eigenvalue weighted by Gasteiger charge is -2.17. The summed E-state index contributed by atoms with van der Waals surface area (Å²) < 4.78 is 51.3. The number of sulfonamides is 1. The van der Waals surface area contributed by atoms with Crippen LogP contribution < -0.4 is 4.74 Å². The quantitative estimate of drug-likeness (QED) is 0.413. The molecule has 4 aromatic rings. The van der Waals surface area contributed by atoms with Gasteiger partial charge >= 0.3 is 0 Å². The Morgan fingerprint density at radius 3 is 2.74 bits per heavy atom. The van der Waals surface area contributed by atoms with Crippen molar-refractivity contribution in [2.24, 2.45) is 0 Å². The molecule has 160 valence electrons. The Balaban J connectivity index is 1.40. The highest BCUT2D eigenvalue weighted by Crippen LogP contribution is 2.23. The number of hydrogen-bond donors (Lipinski definition) is 0. The molecule has 2 aromatic carbocycles. The Morgan fingerprint density at radius 1 is 1.10 bits per heavy atom. The van der Waals surface area contributed by atoms with E-state index < -0.39 is 15.8 Å². The SMILES string of the molecule is CN(CCc1noc(COc2ccccc2F)n1)S(=O)(=O)c1cccc2cccnc12. The maximum atomic E-state index is 13.6. The van der Waals surface area contributed by atoms with Crippen molar-refractivity contribution in [3.05, 3.63) is 78.3 Å². The van der Waals surface area contributed by atoms with E-state index in [1.807, 2.05) is 12.1 Å². The van der Waals surface area contributed by atoms with Crippen LogP contribution in [0.5, 0.6) is 5.75 Å². The van der Waals surface area contributed by atoms with Gasteiger partial charge < -0.3 is 9.26 Å². The van der Waals surface area contributed by atoms with Crippen molar-refractivity contribution in [2.75, 3.05) is 13.6 Å². The lowest BCUT2D eigenvalue weighted by atomic mass is 10.2. The molecule has 4 rings (SSSR count). The number of rotatable bonds is 8. The maximum absolute atomic E-state index is 13.6. The first kappa shape index (κ1) is 20.9. The minimum absolute atomic E-state index is 0.0803. The first-order chi connectivity index (χ1) is 14.9. The van der Waals surface area contributed by atoms with E-state index >= 15 is 0 Å². The van der Waals surface area contributed by atoms with E-state index in [0.717, 1.165) is 5.39 Å². The molecule has 31 heavy (non-hydrogen) atoms. The minimum atomic E-state index is -3.76. The van der Waals surface area contributed by atoms with Crippen LogP contribution in [0.2, 0.25) is 0 Å². The number of hydrogen-bond acceptors (Lipinski definition) is 7. The van der Waals surface area contributed by atoms with E-state index in [9.17, 15) is 12.8 Å². The smallest absolute Gasteiger partial charge is 0.264 e. The second-order valence-corrected chi connectivity index (χ2v) is 8.74. The lowest BCUT2D eigenvalue weighted by molar-refractivity contribution is 0.234. The fourth-order valence-electron chi connectivity index (χ4n) is 2.98. The highest BCUT2D eigenvalue weighted by Gasteiger charge is 2.24. The molecule has 0 fully saturated rings. The molecule has 0 radical (unpaired) electrons. The Bertz CT molecular complexity index is 1300. The van der Waals surface area contributed by atoms with Crippen molar-refractivity contribution in [1.29, 1.82) is 0 Å². The predicted molar refractivity (Wildman–Crippen MR) is 110 cm³/mol. The van der Waals surface area contributed by atoms with Gasteiger partial charge in [0.05, 0.1) is 5.52 Å². The summed E-state index contributed by atoms with van der Waals surface area (Å²) in [5, 5.41) is 4.58. The first-order valence-electron chi connectivity index (χ1n) is 9.44. The molecule has 0 amide bonds. The normalized spacial score (nSPS) is 11.8. The summed E-state index contributed by atoms with van der Waals surface area (Å²) in [7, 11) is -2.28. The molecule has 0 aliphatic rings. The fourth-order valence-corrected chi connectivity index (χ4v) is 4.31. The third-order valence-electron chi connectivity index (χ3n) is 4.63. The molecule has 2 aromatic heterocycles. The molecule has 8 nitrogen and oxygen atoms in total. The number of aromatic nitrogens is 3. The zero-order valence-electron chi connectivity index (χ0n) is 16.6. The molecule has 0 unspecified atom stereocenters. The van der Waals surface area contributed by atoms with Gasteiger partial charge in [0.15, 0.2) is 24.0 Å². The second-order valence-electron chi connectivity index (χ2n) is 6.73. The van der Waals surface area contributed by atoms with Gasteiger partial charge in [0.25, 0.3) is 5.89 Å². The highest BCUT2D eigenvalue weighted by atomic mass is 32.2. The summed E-state index contributed by atoms with van der Waals surface area (Å²) in [5.41, 5.74) is 0.420. The van der Waals surface area contributed by atoms with Crippen molar-refractivity contribution in [3.63, 3.8) is 0 Å². The summed E-state index contributed by atoms with van der Waals surface area (Å²) in [6.07, 6.45) is 1.79. The van der Waals surface area contributed by atoms with Crippen molar-refractivity contribution in [2.45, 2.75) is 17.9 Å². The van der Waals surface area contributed by atoms with Crippen LogP contribution in [0, 0.1) is 5.82 Å². The molecule has 0 saturated carbocycles. The molecule has 10 heteroatoms. The highest BCUT2D eigenvalue weighted by molar-refractivity contribution is 7.89. The van der Waals surface area contributed by atoms with Gasteiger partial charge in [-0.3, -0.25) is 4.98 Å². The molecule has 0 atom stereocenters. The predicted octanol–water partition coefficient (Wildman–Crippen LogP) is 3.20. The standard InChI is InChI=1S/C21H19FN4O4S/c1-26(31(27,28)18-10-4-6-15-7-5-12-23-21(15)18)13-11-19-24-20(30-25-19)14-29-17-9-3-2-8-16(17)22/h2-10,12H,11,13-14H2,1H3. The van der Waals surface area contributed by atoms with Crippen LogP contribution in [0.15, 0.2) is 70.2 Å². The van der Waals surface area contributed by atoms with Gasteiger partial charge in [-0.15, -0.1) is 0 Å². The summed E-state index contributed by atoms with van der Waals surface area (Å²) in [4.78, 5) is 8.53. The Kier molecular flexibility index (Phi) is 5.92. The molecule has 0 spiro atoms. The van der Waals surface area contributed by atoms with Crippen LogP contribution in [-0.4, -0.2) is 41.4 Å². The number of ether oxygens (including phenoxy) is 1. The second kappa shape index (κ2) is 8.78. The van der Waals surface area contributed by atoms with E-state index in [1.54, 1.807) is 30.5 Å². The lowest BCUT2D eigenvalue weighted by Crippen LogP contribution is -2.29. The minimum Gasteiger partial charge on any atom is -0.481 e.